The normalized spacial score (nSPS) is 18.1. The Hall–Kier alpha value is -3.38. The second-order valence-electron chi connectivity index (χ2n) is 7.34. The van der Waals surface area contributed by atoms with Gasteiger partial charge in [0.05, 0.1) is 24.4 Å². The average molecular weight is 437 g/mol. The molecule has 1 saturated heterocycles. The maximum atomic E-state index is 13.4. The molecule has 4 rings (SSSR count). The summed E-state index contributed by atoms with van der Waals surface area (Å²) in [5.41, 5.74) is 2.68. The smallest absolute Gasteiger partial charge is 0.326 e. The van der Waals surface area contributed by atoms with Crippen molar-refractivity contribution in [2.45, 2.75) is 24.9 Å². The second kappa shape index (κ2) is 8.78. The molecular weight excluding hydrogens is 416 g/mol. The Morgan fingerprint density at radius 1 is 1.06 bits per heavy atom. The molecule has 6 nitrogen and oxygen atoms in total. The van der Waals surface area contributed by atoms with E-state index in [1.54, 1.807) is 25.3 Å². The monoisotopic (exact) mass is 436 g/mol. The van der Waals surface area contributed by atoms with Crippen LogP contribution in [0.3, 0.4) is 0 Å². The molecule has 0 saturated carbocycles. The highest BCUT2D eigenvalue weighted by molar-refractivity contribution is 6.31. The molecule has 158 valence electrons. The van der Waals surface area contributed by atoms with E-state index < -0.39 is 18.1 Å². The van der Waals surface area contributed by atoms with E-state index in [1.165, 1.54) is 11.1 Å². The van der Waals surface area contributed by atoms with Crippen molar-refractivity contribution in [2.24, 2.45) is 0 Å². The van der Waals surface area contributed by atoms with E-state index in [1.807, 2.05) is 42.5 Å². The number of carboxylic acids is 1. The fourth-order valence-electron chi connectivity index (χ4n) is 3.99. The van der Waals surface area contributed by atoms with Gasteiger partial charge in [-0.15, -0.1) is 0 Å². The van der Waals surface area contributed by atoms with Crippen molar-refractivity contribution in [1.82, 2.24) is 9.88 Å². The largest absolute Gasteiger partial charge is 0.497 e. The van der Waals surface area contributed by atoms with Crippen LogP contribution in [0.1, 0.15) is 34.8 Å². The third-order valence-electron chi connectivity index (χ3n) is 5.57. The SMILES string of the molecule is COc1ccc(-c2ccc(C(=O)N3[C@@H](c4ccccc4Cl)CC[C@H]3C(=O)O)cn2)cc1. The lowest BCUT2D eigenvalue weighted by Crippen LogP contribution is -2.42. The van der Waals surface area contributed by atoms with Crippen LogP contribution in [0, 0.1) is 0 Å². The molecule has 0 radical (unpaired) electrons. The van der Waals surface area contributed by atoms with Gasteiger partial charge in [-0.3, -0.25) is 9.78 Å². The van der Waals surface area contributed by atoms with Gasteiger partial charge in [0.1, 0.15) is 11.8 Å². The van der Waals surface area contributed by atoms with E-state index in [9.17, 15) is 14.7 Å². The first-order chi connectivity index (χ1) is 15.0. The van der Waals surface area contributed by atoms with Crippen LogP contribution < -0.4 is 4.74 Å². The molecule has 0 aliphatic carbocycles. The minimum Gasteiger partial charge on any atom is -0.497 e. The Balaban J connectivity index is 1.63. The molecule has 0 unspecified atom stereocenters. The average Bonchev–Trinajstić information content (AvgIpc) is 3.24. The maximum Gasteiger partial charge on any atom is 0.326 e. The van der Waals surface area contributed by atoms with Crippen LogP contribution in [-0.2, 0) is 4.79 Å². The summed E-state index contributed by atoms with van der Waals surface area (Å²) in [5.74, 6) is -0.649. The van der Waals surface area contributed by atoms with E-state index in [-0.39, 0.29) is 5.91 Å². The summed E-state index contributed by atoms with van der Waals surface area (Å²) in [4.78, 5) is 31.0. The highest BCUT2D eigenvalue weighted by Crippen LogP contribution is 2.40. The number of carboxylic acid groups (broad SMARTS) is 1. The predicted molar refractivity (Wildman–Crippen MR) is 117 cm³/mol. The van der Waals surface area contributed by atoms with E-state index in [0.29, 0.717) is 29.1 Å². The number of hydrogen-bond donors (Lipinski definition) is 1. The van der Waals surface area contributed by atoms with Crippen molar-refractivity contribution in [1.29, 1.82) is 0 Å². The minimum atomic E-state index is -1.02. The molecule has 1 aliphatic rings. The number of ether oxygens (including phenoxy) is 1. The third kappa shape index (κ3) is 4.11. The molecule has 0 spiro atoms. The summed E-state index contributed by atoms with van der Waals surface area (Å²) in [6, 6.07) is 16.8. The number of benzene rings is 2. The quantitative estimate of drug-likeness (QED) is 0.619. The summed E-state index contributed by atoms with van der Waals surface area (Å²) in [6.07, 6.45) is 2.39. The van der Waals surface area contributed by atoms with Crippen molar-refractivity contribution < 1.29 is 19.4 Å². The number of methoxy groups -OCH3 is 1. The zero-order chi connectivity index (χ0) is 22.0. The second-order valence-corrected chi connectivity index (χ2v) is 7.75. The van der Waals surface area contributed by atoms with Crippen LogP contribution in [0.15, 0.2) is 66.9 Å². The number of aromatic nitrogens is 1. The molecule has 2 atom stereocenters. The first-order valence-electron chi connectivity index (χ1n) is 9.90. The number of amides is 1. The molecule has 0 bridgehead atoms. The summed E-state index contributed by atoms with van der Waals surface area (Å²) in [7, 11) is 1.60. The van der Waals surface area contributed by atoms with Crippen LogP contribution in [0.2, 0.25) is 5.02 Å². The summed E-state index contributed by atoms with van der Waals surface area (Å²) < 4.78 is 5.17. The number of rotatable bonds is 5. The molecule has 1 fully saturated rings. The van der Waals surface area contributed by atoms with Crippen LogP contribution in [0.5, 0.6) is 5.75 Å². The highest BCUT2D eigenvalue weighted by atomic mass is 35.5. The van der Waals surface area contributed by atoms with Gasteiger partial charge in [-0.25, -0.2) is 4.79 Å². The van der Waals surface area contributed by atoms with Crippen LogP contribution in [-0.4, -0.2) is 40.0 Å². The first kappa shape index (κ1) is 20.9. The lowest BCUT2D eigenvalue weighted by molar-refractivity contribution is -0.141. The van der Waals surface area contributed by atoms with E-state index in [0.717, 1.165) is 16.9 Å². The van der Waals surface area contributed by atoms with Crippen molar-refractivity contribution in [3.8, 4) is 17.0 Å². The van der Waals surface area contributed by atoms with Crippen LogP contribution in [0.25, 0.3) is 11.3 Å². The van der Waals surface area contributed by atoms with Crippen LogP contribution >= 0.6 is 11.6 Å². The van der Waals surface area contributed by atoms with Gasteiger partial charge in [0, 0.05) is 16.8 Å². The van der Waals surface area contributed by atoms with E-state index in [2.05, 4.69) is 4.98 Å². The highest BCUT2D eigenvalue weighted by Gasteiger charge is 2.42. The summed E-state index contributed by atoms with van der Waals surface area (Å²) >= 11 is 6.35. The Morgan fingerprint density at radius 3 is 2.42 bits per heavy atom. The molecule has 31 heavy (non-hydrogen) atoms. The Morgan fingerprint density at radius 2 is 1.81 bits per heavy atom. The molecule has 1 N–H and O–H groups in total. The third-order valence-corrected chi connectivity index (χ3v) is 5.91. The van der Waals surface area contributed by atoms with Gasteiger partial charge in [-0.2, -0.15) is 0 Å². The number of aliphatic carboxylic acids is 1. The van der Waals surface area contributed by atoms with Crippen molar-refractivity contribution >= 4 is 23.5 Å². The standard InChI is InChI=1S/C24H21ClN2O4/c1-31-17-9-6-15(7-10-17)20-11-8-16(14-26-20)23(28)27-21(12-13-22(27)24(29)30)18-4-2-3-5-19(18)25/h2-11,14,21-22H,12-13H2,1H3,(H,29,30)/t21-,22+/m1/s1. The Kier molecular flexibility index (Phi) is 5.91. The summed E-state index contributed by atoms with van der Waals surface area (Å²) in [5, 5.41) is 10.2. The predicted octanol–water partition coefficient (Wildman–Crippen LogP) is 4.84. The van der Waals surface area contributed by atoms with Gasteiger partial charge in [0.15, 0.2) is 0 Å². The molecule has 3 aromatic rings. The van der Waals surface area contributed by atoms with Gasteiger partial charge < -0.3 is 14.7 Å². The van der Waals surface area contributed by atoms with Gasteiger partial charge >= 0.3 is 5.97 Å². The Bertz CT molecular complexity index is 1100. The van der Waals surface area contributed by atoms with Gasteiger partial charge in [-0.1, -0.05) is 29.8 Å². The zero-order valence-corrected chi connectivity index (χ0v) is 17.6. The van der Waals surface area contributed by atoms with Gasteiger partial charge in [0.2, 0.25) is 0 Å². The topological polar surface area (TPSA) is 79.7 Å². The van der Waals surface area contributed by atoms with E-state index >= 15 is 0 Å². The van der Waals surface area contributed by atoms with Crippen LogP contribution in [0.4, 0.5) is 0 Å². The maximum absolute atomic E-state index is 13.4. The number of nitrogens with zero attached hydrogens (tertiary/aromatic N) is 2. The lowest BCUT2D eigenvalue weighted by Gasteiger charge is -2.29. The lowest BCUT2D eigenvalue weighted by atomic mass is 10.0. The fraction of sp³-hybridized carbons (Fsp3) is 0.208. The van der Waals surface area contributed by atoms with Gasteiger partial charge in [0.25, 0.3) is 5.91 Å². The fourth-order valence-corrected chi connectivity index (χ4v) is 4.25. The number of carbonyl (C=O) groups excluding carboxylic acids is 1. The van der Waals surface area contributed by atoms with Crippen molar-refractivity contribution in [3.05, 3.63) is 83.0 Å². The van der Waals surface area contributed by atoms with Crippen molar-refractivity contribution in [3.63, 3.8) is 0 Å². The molecule has 1 amide bonds. The number of halogens is 1. The summed E-state index contributed by atoms with van der Waals surface area (Å²) in [6.45, 7) is 0. The van der Waals surface area contributed by atoms with Crippen molar-refractivity contribution in [2.75, 3.05) is 7.11 Å². The molecular formula is C24H21ClN2O4. The molecule has 1 aromatic heterocycles. The number of pyridine rings is 1. The molecule has 2 aromatic carbocycles. The zero-order valence-electron chi connectivity index (χ0n) is 16.9. The minimum absolute atomic E-state index is 0.336. The number of hydrogen-bond acceptors (Lipinski definition) is 4. The van der Waals surface area contributed by atoms with E-state index in [4.69, 9.17) is 16.3 Å². The number of carbonyl (C=O) groups is 2. The molecule has 7 heteroatoms. The van der Waals surface area contributed by atoms with Gasteiger partial charge in [-0.05, 0) is 60.9 Å². The number of likely N-dealkylation sites (tertiary alicyclic amines) is 1. The first-order valence-corrected chi connectivity index (χ1v) is 10.3. The Labute approximate surface area is 185 Å². The molecule has 2 heterocycles. The molecule has 1 aliphatic heterocycles.